The maximum Gasteiger partial charge on any atom is 0.357 e. The number of hydrogen-bond acceptors (Lipinski definition) is 6. The van der Waals surface area contributed by atoms with Crippen molar-refractivity contribution in [3.05, 3.63) is 86.3 Å². The van der Waals surface area contributed by atoms with Crippen LogP contribution in [0.15, 0.2) is 63.1 Å². The molecule has 0 saturated heterocycles. The average molecular weight is 407 g/mol. The lowest BCUT2D eigenvalue weighted by Gasteiger charge is -2.11. The highest BCUT2D eigenvalue weighted by atomic mass is 19.1. The Kier molecular flexibility index (Phi) is 4.63. The smallest absolute Gasteiger partial charge is 0.357 e. The zero-order valence-corrected chi connectivity index (χ0v) is 15.5. The Morgan fingerprint density at radius 3 is 2.60 bits per heavy atom. The van der Waals surface area contributed by atoms with E-state index in [4.69, 9.17) is 4.74 Å². The molecule has 9 heteroatoms. The van der Waals surface area contributed by atoms with Gasteiger partial charge < -0.3 is 9.84 Å². The maximum atomic E-state index is 14.2. The monoisotopic (exact) mass is 407 g/mol. The molecule has 1 aromatic heterocycles. The summed E-state index contributed by atoms with van der Waals surface area (Å²) < 4.78 is 19.6. The molecule has 0 unspecified atom stereocenters. The molecular formula is C21H14FN3O5. The van der Waals surface area contributed by atoms with Crippen LogP contribution in [0.4, 0.5) is 10.1 Å². The third-order valence-corrected chi connectivity index (χ3v) is 4.56. The van der Waals surface area contributed by atoms with Crippen LogP contribution in [-0.4, -0.2) is 33.4 Å². The van der Waals surface area contributed by atoms with E-state index in [1.54, 1.807) is 24.3 Å². The zero-order valence-electron chi connectivity index (χ0n) is 15.5. The molecule has 1 aliphatic rings. The number of nitrogens with one attached hydrogen (secondary N) is 1. The molecule has 2 N–H and O–H groups in total. The summed E-state index contributed by atoms with van der Waals surface area (Å²) >= 11 is 0. The number of nitrogens with zero attached hydrogens (tertiary/aromatic N) is 2. The molecule has 0 bridgehead atoms. The Labute approximate surface area is 168 Å². The molecule has 0 saturated carbocycles. The Morgan fingerprint density at radius 2 is 1.87 bits per heavy atom. The van der Waals surface area contributed by atoms with Gasteiger partial charge in [0.15, 0.2) is 5.71 Å². The first-order chi connectivity index (χ1) is 14.4. The Bertz CT molecular complexity index is 1370. The highest BCUT2D eigenvalue weighted by Gasteiger charge is 2.28. The second-order valence-electron chi connectivity index (χ2n) is 6.31. The largest absolute Gasteiger partial charge is 0.494 e. The van der Waals surface area contributed by atoms with E-state index in [2.05, 4.69) is 9.98 Å². The third-order valence-electron chi connectivity index (χ3n) is 4.56. The molecule has 2 heterocycles. The summed E-state index contributed by atoms with van der Waals surface area (Å²) in [7, 11) is 1.19. The zero-order chi connectivity index (χ0) is 21.4. The van der Waals surface area contributed by atoms with Gasteiger partial charge in [-0.3, -0.25) is 9.78 Å². The maximum absolute atomic E-state index is 14.2. The number of methoxy groups -OCH3 is 1. The summed E-state index contributed by atoms with van der Waals surface area (Å²) in [6, 6.07) is 12.1. The van der Waals surface area contributed by atoms with E-state index in [0.29, 0.717) is 15.8 Å². The van der Waals surface area contributed by atoms with Crippen molar-refractivity contribution in [1.29, 1.82) is 0 Å². The molecule has 0 fully saturated rings. The van der Waals surface area contributed by atoms with E-state index in [1.807, 2.05) is 0 Å². The fourth-order valence-electron chi connectivity index (χ4n) is 3.18. The summed E-state index contributed by atoms with van der Waals surface area (Å²) in [4.78, 5) is 43.2. The Hall–Kier alpha value is -4.27. The number of carbonyl (C=O) groups excluding carboxylic acids is 1. The molecule has 0 radical (unpaired) electrons. The normalized spacial score (nSPS) is 13.8. The summed E-state index contributed by atoms with van der Waals surface area (Å²) in [5.74, 6) is -2.30. The summed E-state index contributed by atoms with van der Waals surface area (Å²) in [5.41, 5.74) is -1.36. The number of para-hydroxylation sites is 2. The average Bonchev–Trinajstić information content (AvgIpc) is 3.10. The van der Waals surface area contributed by atoms with E-state index in [1.165, 1.54) is 31.4 Å². The van der Waals surface area contributed by atoms with Crippen molar-refractivity contribution in [2.24, 2.45) is 4.99 Å². The van der Waals surface area contributed by atoms with Crippen LogP contribution in [0.3, 0.4) is 0 Å². The molecule has 0 atom stereocenters. The first-order valence-corrected chi connectivity index (χ1v) is 8.74. The number of aromatic nitrogens is 2. The first kappa shape index (κ1) is 19.1. The van der Waals surface area contributed by atoms with E-state index < -0.39 is 28.9 Å². The van der Waals surface area contributed by atoms with E-state index in [0.717, 1.165) is 6.07 Å². The molecule has 30 heavy (non-hydrogen) atoms. The number of aromatic amines is 1. The van der Waals surface area contributed by atoms with Crippen LogP contribution in [0.1, 0.15) is 11.1 Å². The quantitative estimate of drug-likeness (QED) is 0.646. The van der Waals surface area contributed by atoms with Crippen molar-refractivity contribution in [3.63, 3.8) is 0 Å². The van der Waals surface area contributed by atoms with Gasteiger partial charge in [-0.25, -0.2) is 23.5 Å². The van der Waals surface area contributed by atoms with Crippen LogP contribution >= 0.6 is 0 Å². The number of benzene rings is 2. The molecular weight excluding hydrogens is 393 g/mol. The van der Waals surface area contributed by atoms with Gasteiger partial charge in [-0.15, -0.1) is 0 Å². The van der Waals surface area contributed by atoms with Gasteiger partial charge in [0.1, 0.15) is 11.4 Å². The predicted molar refractivity (Wildman–Crippen MR) is 108 cm³/mol. The van der Waals surface area contributed by atoms with Gasteiger partial charge in [-0.1, -0.05) is 30.3 Å². The van der Waals surface area contributed by atoms with Crippen LogP contribution in [0.5, 0.6) is 5.88 Å². The number of hydrogen-bond donors (Lipinski definition) is 2. The van der Waals surface area contributed by atoms with Gasteiger partial charge in [-0.2, -0.15) is 0 Å². The number of halogens is 1. The second kappa shape index (κ2) is 7.28. The summed E-state index contributed by atoms with van der Waals surface area (Å²) in [6.45, 7) is 0. The molecule has 8 nitrogen and oxygen atoms in total. The van der Waals surface area contributed by atoms with E-state index in [9.17, 15) is 23.9 Å². The van der Waals surface area contributed by atoms with Crippen molar-refractivity contribution in [3.8, 4) is 11.6 Å². The van der Waals surface area contributed by atoms with Crippen molar-refractivity contribution >= 4 is 29.0 Å². The molecule has 1 aliphatic heterocycles. The molecule has 0 spiro atoms. The minimum atomic E-state index is -1.02. The molecule has 4 rings (SSSR count). The van der Waals surface area contributed by atoms with Gasteiger partial charge in [-0.05, 0) is 24.3 Å². The van der Waals surface area contributed by atoms with Crippen LogP contribution in [0.2, 0.25) is 0 Å². The van der Waals surface area contributed by atoms with Crippen LogP contribution in [0, 0.1) is 5.82 Å². The van der Waals surface area contributed by atoms with Gasteiger partial charge in [0.05, 0.1) is 18.5 Å². The minimum absolute atomic E-state index is 0.0684. The van der Waals surface area contributed by atoms with Crippen molar-refractivity contribution in [1.82, 2.24) is 9.55 Å². The van der Waals surface area contributed by atoms with Crippen molar-refractivity contribution in [2.45, 2.75) is 0 Å². The summed E-state index contributed by atoms with van der Waals surface area (Å²) in [5, 5.41) is 10.7. The first-order valence-electron chi connectivity index (χ1n) is 8.74. The van der Waals surface area contributed by atoms with E-state index >= 15 is 0 Å². The van der Waals surface area contributed by atoms with Gasteiger partial charge >= 0.3 is 11.7 Å². The number of carbonyl (C=O) groups is 1. The van der Waals surface area contributed by atoms with Crippen molar-refractivity contribution < 1.29 is 19.0 Å². The standard InChI is InChI=1S/C21H14FN3O5/c1-30-20(28)17-12(11-6-2-4-8-15(11)23-17)10-13-18(26)24-21(29)25(19(13)27)16-9-5-3-7-14(16)22/h2-10,27H,1H3,(H,24,26,29). The molecule has 3 aromatic rings. The highest BCUT2D eigenvalue weighted by Crippen LogP contribution is 2.36. The molecule has 0 amide bonds. The lowest BCUT2D eigenvalue weighted by Crippen LogP contribution is -2.31. The Balaban J connectivity index is 1.99. The second-order valence-corrected chi connectivity index (χ2v) is 6.31. The fourth-order valence-corrected chi connectivity index (χ4v) is 3.18. The number of fused-ring (bicyclic) bond motifs is 1. The van der Waals surface area contributed by atoms with Gasteiger partial charge in [0.25, 0.3) is 5.56 Å². The topological polar surface area (TPSA) is 114 Å². The SMILES string of the molecule is COC(=O)C1=Nc2ccccc2C1=Cc1c(O)n(-c2ccccc2F)c(=O)[nH]c1=O. The predicted octanol–water partition coefficient (Wildman–Crippen LogP) is 2.17. The van der Waals surface area contributed by atoms with E-state index in [-0.39, 0.29) is 22.5 Å². The number of ether oxygens (including phenoxy) is 1. The number of esters is 1. The third kappa shape index (κ3) is 3.02. The highest BCUT2D eigenvalue weighted by molar-refractivity contribution is 6.58. The van der Waals surface area contributed by atoms with Gasteiger partial charge in [0, 0.05) is 11.1 Å². The lowest BCUT2D eigenvalue weighted by atomic mass is 10.0. The summed E-state index contributed by atoms with van der Waals surface area (Å²) in [6.07, 6.45) is 1.21. The lowest BCUT2D eigenvalue weighted by molar-refractivity contribution is -0.132. The fraction of sp³-hybridized carbons (Fsp3) is 0.0476. The number of aliphatic imine (C=N–C) groups is 1. The van der Waals surface area contributed by atoms with Gasteiger partial charge in [0.2, 0.25) is 5.88 Å². The molecule has 0 aliphatic carbocycles. The van der Waals surface area contributed by atoms with Crippen LogP contribution < -0.4 is 11.2 Å². The number of rotatable bonds is 3. The molecule has 2 aromatic carbocycles. The van der Waals surface area contributed by atoms with Crippen LogP contribution in [-0.2, 0) is 9.53 Å². The number of H-pyrrole nitrogens is 1. The van der Waals surface area contributed by atoms with Crippen molar-refractivity contribution in [2.75, 3.05) is 7.11 Å². The number of aromatic hydroxyl groups is 1. The Morgan fingerprint density at radius 1 is 1.17 bits per heavy atom. The van der Waals surface area contributed by atoms with Crippen LogP contribution in [0.25, 0.3) is 17.3 Å². The minimum Gasteiger partial charge on any atom is -0.494 e. The molecule has 150 valence electrons.